The number of primary amides is 1. The fourth-order valence-electron chi connectivity index (χ4n) is 3.79. The zero-order valence-corrected chi connectivity index (χ0v) is 17.5. The zero-order valence-electron chi connectivity index (χ0n) is 17.5. The van der Waals surface area contributed by atoms with Crippen LogP contribution in [-0.4, -0.2) is 29.7 Å². The summed E-state index contributed by atoms with van der Waals surface area (Å²) in [4.78, 5) is 38.9. The number of nitrogens with two attached hydrogens (primary N) is 1. The lowest BCUT2D eigenvalue weighted by Crippen LogP contribution is -2.36. The van der Waals surface area contributed by atoms with Crippen LogP contribution < -0.4 is 15.2 Å². The van der Waals surface area contributed by atoms with Gasteiger partial charge in [0.2, 0.25) is 5.91 Å². The Bertz CT molecular complexity index is 1140. The summed E-state index contributed by atoms with van der Waals surface area (Å²) in [5.41, 5.74) is 7.62. The Hall–Kier alpha value is -4.13. The van der Waals surface area contributed by atoms with Gasteiger partial charge in [-0.05, 0) is 35.4 Å². The Morgan fingerprint density at radius 2 is 1.53 bits per heavy atom. The molecule has 1 aliphatic heterocycles. The highest BCUT2D eigenvalue weighted by Gasteiger charge is 2.41. The topological polar surface area (TPSA) is 98.9 Å². The van der Waals surface area contributed by atoms with Crippen molar-refractivity contribution in [2.75, 3.05) is 7.11 Å². The van der Waals surface area contributed by atoms with Gasteiger partial charge in [-0.15, -0.1) is 0 Å². The van der Waals surface area contributed by atoms with E-state index in [4.69, 9.17) is 15.2 Å². The predicted molar refractivity (Wildman–Crippen MR) is 117 cm³/mol. The van der Waals surface area contributed by atoms with Gasteiger partial charge in [0, 0.05) is 0 Å². The zero-order chi connectivity index (χ0) is 22.7. The van der Waals surface area contributed by atoms with E-state index >= 15 is 0 Å². The van der Waals surface area contributed by atoms with Gasteiger partial charge in [-0.25, -0.2) is 0 Å². The van der Waals surface area contributed by atoms with Crippen LogP contribution in [0.3, 0.4) is 0 Å². The first kappa shape index (κ1) is 21.1. The molecule has 0 saturated heterocycles. The summed E-state index contributed by atoms with van der Waals surface area (Å²) >= 11 is 0. The summed E-state index contributed by atoms with van der Waals surface area (Å²) in [5, 5.41) is 0. The van der Waals surface area contributed by atoms with E-state index in [1.54, 1.807) is 42.5 Å². The lowest BCUT2D eigenvalue weighted by Gasteiger charge is -2.26. The Balaban J connectivity index is 1.65. The van der Waals surface area contributed by atoms with Crippen molar-refractivity contribution >= 4 is 17.7 Å². The number of imide groups is 1. The second-order valence-electron chi connectivity index (χ2n) is 7.40. The van der Waals surface area contributed by atoms with Crippen LogP contribution >= 0.6 is 0 Å². The number of ether oxygens (including phenoxy) is 2. The van der Waals surface area contributed by atoms with Crippen molar-refractivity contribution in [2.45, 2.75) is 19.1 Å². The van der Waals surface area contributed by atoms with E-state index in [9.17, 15) is 14.4 Å². The van der Waals surface area contributed by atoms with Gasteiger partial charge >= 0.3 is 0 Å². The summed E-state index contributed by atoms with van der Waals surface area (Å²) < 4.78 is 11.4. The van der Waals surface area contributed by atoms with Gasteiger partial charge in [-0.1, -0.05) is 48.5 Å². The molecule has 0 saturated carbocycles. The molecule has 3 aromatic rings. The molecule has 32 heavy (non-hydrogen) atoms. The van der Waals surface area contributed by atoms with Gasteiger partial charge in [0.15, 0.2) is 11.5 Å². The predicted octanol–water partition coefficient (Wildman–Crippen LogP) is 3.49. The van der Waals surface area contributed by atoms with E-state index in [-0.39, 0.29) is 6.42 Å². The molecule has 0 bridgehead atoms. The third-order valence-corrected chi connectivity index (χ3v) is 5.34. The van der Waals surface area contributed by atoms with Crippen LogP contribution in [0.15, 0.2) is 72.8 Å². The number of rotatable bonds is 8. The first-order chi connectivity index (χ1) is 15.5. The molecule has 0 aliphatic carbocycles. The van der Waals surface area contributed by atoms with Crippen LogP contribution in [0.4, 0.5) is 0 Å². The number of amides is 3. The number of nitrogens with zero attached hydrogens (tertiary/aromatic N) is 1. The first-order valence-electron chi connectivity index (χ1n) is 10.1. The van der Waals surface area contributed by atoms with Gasteiger partial charge in [-0.2, -0.15) is 0 Å². The van der Waals surface area contributed by atoms with E-state index in [0.29, 0.717) is 34.8 Å². The number of carbonyl (C=O) groups is 3. The molecule has 7 nitrogen and oxygen atoms in total. The summed E-state index contributed by atoms with van der Waals surface area (Å²) in [6, 6.07) is 20.5. The molecule has 162 valence electrons. The maximum absolute atomic E-state index is 13.0. The van der Waals surface area contributed by atoms with Gasteiger partial charge in [-0.3, -0.25) is 19.3 Å². The number of hydrogen-bond acceptors (Lipinski definition) is 5. The van der Waals surface area contributed by atoms with Crippen molar-refractivity contribution in [3.05, 3.63) is 95.1 Å². The fraction of sp³-hybridized carbons (Fsp3) is 0.160. The SMILES string of the molecule is COc1cc(C(CC(N)=O)N2C(=O)c3ccccc3C2=O)ccc1OCc1ccccc1. The van der Waals surface area contributed by atoms with E-state index < -0.39 is 23.8 Å². The number of benzene rings is 3. The Kier molecular flexibility index (Phi) is 5.89. The van der Waals surface area contributed by atoms with Crippen LogP contribution in [-0.2, 0) is 11.4 Å². The molecule has 0 spiro atoms. The fourth-order valence-corrected chi connectivity index (χ4v) is 3.79. The minimum Gasteiger partial charge on any atom is -0.493 e. The van der Waals surface area contributed by atoms with Gasteiger partial charge in [0.25, 0.3) is 11.8 Å². The van der Waals surface area contributed by atoms with E-state index in [2.05, 4.69) is 0 Å². The number of carbonyl (C=O) groups excluding carboxylic acids is 3. The van der Waals surface area contributed by atoms with Crippen LogP contribution in [0, 0.1) is 0 Å². The average molecular weight is 430 g/mol. The highest BCUT2D eigenvalue weighted by atomic mass is 16.5. The Labute approximate surface area is 185 Å². The average Bonchev–Trinajstić information content (AvgIpc) is 3.07. The van der Waals surface area contributed by atoms with Crippen molar-refractivity contribution in [1.82, 2.24) is 4.90 Å². The lowest BCUT2D eigenvalue weighted by atomic mass is 10.0. The van der Waals surface area contributed by atoms with E-state index in [0.717, 1.165) is 10.5 Å². The molecule has 2 N–H and O–H groups in total. The standard InChI is InChI=1S/C25H22N2O5/c1-31-22-13-17(11-12-21(22)32-15-16-7-3-2-4-8-16)20(14-23(26)28)27-24(29)18-9-5-6-10-19(18)25(27)30/h2-13,20H,14-15H2,1H3,(H2,26,28). The molecule has 1 atom stereocenters. The molecule has 3 aromatic carbocycles. The smallest absolute Gasteiger partial charge is 0.262 e. The van der Waals surface area contributed by atoms with Gasteiger partial charge < -0.3 is 15.2 Å². The van der Waals surface area contributed by atoms with Crippen LogP contribution in [0.25, 0.3) is 0 Å². The molecular weight excluding hydrogens is 408 g/mol. The third-order valence-electron chi connectivity index (χ3n) is 5.34. The largest absolute Gasteiger partial charge is 0.493 e. The molecule has 3 amide bonds. The van der Waals surface area contributed by atoms with Crippen molar-refractivity contribution < 1.29 is 23.9 Å². The maximum atomic E-state index is 13.0. The minimum absolute atomic E-state index is 0.209. The van der Waals surface area contributed by atoms with Gasteiger partial charge in [0.05, 0.1) is 30.7 Å². The second kappa shape index (κ2) is 8.93. The third kappa shape index (κ3) is 4.05. The molecule has 0 aromatic heterocycles. The van der Waals surface area contributed by atoms with E-state index in [1.165, 1.54) is 7.11 Å². The molecule has 1 unspecified atom stereocenters. The van der Waals surface area contributed by atoms with E-state index in [1.807, 2.05) is 30.3 Å². The lowest BCUT2D eigenvalue weighted by molar-refractivity contribution is -0.118. The van der Waals surface area contributed by atoms with Crippen LogP contribution in [0.1, 0.15) is 44.3 Å². The van der Waals surface area contributed by atoms with Crippen molar-refractivity contribution in [1.29, 1.82) is 0 Å². The quantitative estimate of drug-likeness (QED) is 0.552. The molecule has 4 rings (SSSR count). The summed E-state index contributed by atoms with van der Waals surface area (Å²) in [7, 11) is 1.50. The van der Waals surface area contributed by atoms with Gasteiger partial charge in [0.1, 0.15) is 6.61 Å². The minimum atomic E-state index is -0.864. The first-order valence-corrected chi connectivity index (χ1v) is 10.1. The second-order valence-corrected chi connectivity index (χ2v) is 7.40. The van der Waals surface area contributed by atoms with Crippen molar-refractivity contribution in [3.8, 4) is 11.5 Å². The molecule has 1 heterocycles. The highest BCUT2D eigenvalue weighted by Crippen LogP contribution is 2.37. The molecular formula is C25H22N2O5. The Morgan fingerprint density at radius 3 is 2.12 bits per heavy atom. The number of fused-ring (bicyclic) bond motifs is 1. The molecule has 0 radical (unpaired) electrons. The van der Waals surface area contributed by atoms with Crippen molar-refractivity contribution in [2.24, 2.45) is 5.73 Å². The monoisotopic (exact) mass is 430 g/mol. The number of hydrogen-bond donors (Lipinski definition) is 1. The van der Waals surface area contributed by atoms with Crippen molar-refractivity contribution in [3.63, 3.8) is 0 Å². The summed E-state index contributed by atoms with van der Waals surface area (Å²) in [6.07, 6.45) is -0.209. The molecule has 7 heteroatoms. The normalized spacial score (nSPS) is 13.6. The van der Waals surface area contributed by atoms with Crippen LogP contribution in [0.5, 0.6) is 11.5 Å². The highest BCUT2D eigenvalue weighted by molar-refractivity contribution is 6.21. The van der Waals surface area contributed by atoms with Crippen LogP contribution in [0.2, 0.25) is 0 Å². The molecule has 1 aliphatic rings. The number of methoxy groups -OCH3 is 1. The summed E-state index contributed by atoms with van der Waals surface area (Å²) in [5.74, 6) is -0.625. The summed E-state index contributed by atoms with van der Waals surface area (Å²) in [6.45, 7) is 0.347. The Morgan fingerprint density at radius 1 is 0.906 bits per heavy atom. The molecule has 0 fully saturated rings. The maximum Gasteiger partial charge on any atom is 0.262 e.